The number of nitrogens with zero attached hydrogens (tertiary/aromatic N) is 1. The first-order valence-electron chi connectivity index (χ1n) is 10.7. The topological polar surface area (TPSA) is 64.4 Å². The van der Waals surface area contributed by atoms with Crippen molar-refractivity contribution in [1.29, 1.82) is 0 Å². The molecule has 0 atom stereocenters. The first-order chi connectivity index (χ1) is 16.2. The highest BCUT2D eigenvalue weighted by molar-refractivity contribution is 5.98. The van der Waals surface area contributed by atoms with E-state index in [1.54, 1.807) is 7.11 Å². The number of anilines is 1. The fourth-order valence-corrected chi connectivity index (χ4v) is 3.85. The maximum absolute atomic E-state index is 13.3. The number of fused-ring (bicyclic) bond motifs is 1. The molecule has 5 rings (SSSR count). The van der Waals surface area contributed by atoms with Gasteiger partial charge in [-0.2, -0.15) is 0 Å². The maximum atomic E-state index is 13.3. The third-order valence-electron chi connectivity index (χ3n) is 5.52. The minimum atomic E-state index is -0.404. The van der Waals surface area contributed by atoms with Crippen LogP contribution in [0.2, 0.25) is 0 Å². The Labute approximate surface area is 191 Å². The molecule has 0 saturated carbocycles. The zero-order valence-electron chi connectivity index (χ0n) is 18.1. The molecule has 0 aliphatic rings. The fraction of sp³-hybridized carbons (Fsp3) is 0.0714. The lowest BCUT2D eigenvalue weighted by atomic mass is 9.90. The molecule has 0 fully saturated rings. The Morgan fingerprint density at radius 1 is 0.848 bits per heavy atom. The molecule has 0 aliphatic carbocycles. The van der Waals surface area contributed by atoms with Gasteiger partial charge in [0.1, 0.15) is 11.3 Å². The summed E-state index contributed by atoms with van der Waals surface area (Å²) in [7, 11) is 1.62. The van der Waals surface area contributed by atoms with E-state index < -0.39 is 5.92 Å². The second-order valence-corrected chi connectivity index (χ2v) is 7.67. The van der Waals surface area contributed by atoms with Crippen molar-refractivity contribution in [1.82, 2.24) is 4.98 Å². The number of carbonyl (C=O) groups is 1. The number of benzene rings is 4. The predicted molar refractivity (Wildman–Crippen MR) is 129 cm³/mol. The van der Waals surface area contributed by atoms with Crippen LogP contribution in [0.1, 0.15) is 17.0 Å². The Hall–Kier alpha value is -4.38. The maximum Gasteiger partial charge on any atom is 0.236 e. The number of hydrogen-bond donors (Lipinski definition) is 1. The summed E-state index contributed by atoms with van der Waals surface area (Å²) in [5.41, 5.74) is 4.84. The first-order valence-corrected chi connectivity index (χ1v) is 10.7. The number of hydrogen-bond acceptors (Lipinski definition) is 4. The number of rotatable bonds is 6. The molecule has 1 aromatic heterocycles. The van der Waals surface area contributed by atoms with E-state index in [0.717, 1.165) is 28.0 Å². The molecule has 0 radical (unpaired) electrons. The average molecular weight is 434 g/mol. The molecule has 4 aromatic carbocycles. The van der Waals surface area contributed by atoms with Gasteiger partial charge in [-0.1, -0.05) is 60.7 Å². The summed E-state index contributed by atoms with van der Waals surface area (Å²) < 4.78 is 11.1. The highest BCUT2D eigenvalue weighted by atomic mass is 16.5. The van der Waals surface area contributed by atoms with E-state index in [9.17, 15) is 4.79 Å². The third kappa shape index (κ3) is 4.34. The number of nitrogens with one attached hydrogen (secondary N) is 1. The van der Waals surface area contributed by atoms with Gasteiger partial charge in [-0.15, -0.1) is 0 Å². The highest BCUT2D eigenvalue weighted by Crippen LogP contribution is 2.29. The van der Waals surface area contributed by atoms with Crippen molar-refractivity contribution in [3.8, 4) is 17.2 Å². The van der Waals surface area contributed by atoms with Gasteiger partial charge in [-0.3, -0.25) is 4.79 Å². The molecule has 1 heterocycles. The van der Waals surface area contributed by atoms with Crippen molar-refractivity contribution >= 4 is 22.7 Å². The van der Waals surface area contributed by atoms with Crippen molar-refractivity contribution in [3.05, 3.63) is 114 Å². The van der Waals surface area contributed by atoms with Crippen molar-refractivity contribution < 1.29 is 13.9 Å². The lowest BCUT2D eigenvalue weighted by molar-refractivity contribution is -0.116. The van der Waals surface area contributed by atoms with Crippen LogP contribution in [0.3, 0.4) is 0 Å². The molecular weight excluding hydrogens is 412 g/mol. The van der Waals surface area contributed by atoms with E-state index in [1.165, 1.54) is 0 Å². The molecule has 0 aliphatic heterocycles. The van der Waals surface area contributed by atoms with Gasteiger partial charge in [0, 0.05) is 17.3 Å². The van der Waals surface area contributed by atoms with Gasteiger partial charge >= 0.3 is 0 Å². The molecular formula is C28H22N2O3. The Kier molecular flexibility index (Phi) is 5.60. The summed E-state index contributed by atoms with van der Waals surface area (Å²) in [5, 5.41) is 3.05. The Morgan fingerprint density at radius 3 is 2.09 bits per heavy atom. The quantitative estimate of drug-likeness (QED) is 0.342. The summed E-state index contributed by atoms with van der Waals surface area (Å²) in [6, 6.07) is 32.6. The van der Waals surface area contributed by atoms with Crippen molar-refractivity contribution in [2.45, 2.75) is 5.92 Å². The van der Waals surface area contributed by atoms with Crippen LogP contribution in [-0.2, 0) is 4.79 Å². The molecule has 1 N–H and O–H groups in total. The van der Waals surface area contributed by atoms with E-state index >= 15 is 0 Å². The summed E-state index contributed by atoms with van der Waals surface area (Å²) in [6.07, 6.45) is 0. The van der Waals surface area contributed by atoms with Gasteiger partial charge in [0.2, 0.25) is 11.8 Å². The molecule has 5 heteroatoms. The van der Waals surface area contributed by atoms with Crippen molar-refractivity contribution in [2.75, 3.05) is 12.4 Å². The summed E-state index contributed by atoms with van der Waals surface area (Å²) >= 11 is 0. The Bertz CT molecular complexity index is 1340. The van der Waals surface area contributed by atoms with Gasteiger partial charge < -0.3 is 14.5 Å². The summed E-state index contributed by atoms with van der Waals surface area (Å²) in [5.74, 6) is 0.752. The van der Waals surface area contributed by atoms with Crippen molar-refractivity contribution in [3.63, 3.8) is 0 Å². The summed E-state index contributed by atoms with van der Waals surface area (Å²) in [4.78, 5) is 17.8. The molecule has 0 spiro atoms. The smallest absolute Gasteiger partial charge is 0.236 e. The second kappa shape index (κ2) is 9.01. The number of oxazole rings is 1. The molecule has 162 valence electrons. The molecule has 1 amide bonds. The van der Waals surface area contributed by atoms with Crippen LogP contribution in [0.25, 0.3) is 22.6 Å². The molecule has 0 saturated heterocycles. The zero-order chi connectivity index (χ0) is 22.6. The number of ether oxygens (including phenoxy) is 1. The number of methoxy groups -OCH3 is 1. The van der Waals surface area contributed by atoms with Crippen LogP contribution in [0.15, 0.2) is 108 Å². The lowest BCUT2D eigenvalue weighted by Crippen LogP contribution is -2.22. The molecule has 5 aromatic rings. The van der Waals surface area contributed by atoms with E-state index in [2.05, 4.69) is 10.3 Å². The van der Waals surface area contributed by atoms with Crippen LogP contribution in [0.5, 0.6) is 5.75 Å². The van der Waals surface area contributed by atoms with Crippen molar-refractivity contribution in [2.24, 2.45) is 0 Å². The Balaban J connectivity index is 1.38. The highest BCUT2D eigenvalue weighted by Gasteiger charge is 2.22. The predicted octanol–water partition coefficient (Wildman–Crippen LogP) is 6.27. The molecule has 33 heavy (non-hydrogen) atoms. The summed E-state index contributed by atoms with van der Waals surface area (Å²) in [6.45, 7) is 0. The van der Waals surface area contributed by atoms with E-state index in [0.29, 0.717) is 17.2 Å². The van der Waals surface area contributed by atoms with Gasteiger partial charge in [0.05, 0.1) is 13.0 Å². The molecule has 5 nitrogen and oxygen atoms in total. The largest absolute Gasteiger partial charge is 0.497 e. The fourth-order valence-electron chi connectivity index (χ4n) is 3.85. The molecule has 0 unspecified atom stereocenters. The van der Waals surface area contributed by atoms with E-state index in [4.69, 9.17) is 9.15 Å². The standard InChI is InChI=1S/C28H22N2O3/c1-32-23-16-17-25-24(18-23)30-28(33-25)21-12-14-22(15-13-21)29-27(31)26(19-8-4-2-5-9-19)20-10-6-3-7-11-20/h2-18,26H,1H3,(H,29,31). The van der Waals surface area contributed by atoms with E-state index in [-0.39, 0.29) is 5.91 Å². The van der Waals surface area contributed by atoms with Gasteiger partial charge in [-0.05, 0) is 47.5 Å². The minimum Gasteiger partial charge on any atom is -0.497 e. The van der Waals surface area contributed by atoms with Crippen LogP contribution >= 0.6 is 0 Å². The second-order valence-electron chi connectivity index (χ2n) is 7.67. The van der Waals surface area contributed by atoms with Gasteiger partial charge in [0.25, 0.3) is 0 Å². The van der Waals surface area contributed by atoms with Crippen LogP contribution in [0, 0.1) is 0 Å². The van der Waals surface area contributed by atoms with Crippen LogP contribution in [-0.4, -0.2) is 18.0 Å². The van der Waals surface area contributed by atoms with Crippen LogP contribution < -0.4 is 10.1 Å². The number of amides is 1. The normalized spacial score (nSPS) is 11.0. The Morgan fingerprint density at radius 2 is 1.48 bits per heavy atom. The van der Waals surface area contributed by atoms with Gasteiger partial charge in [0.15, 0.2) is 5.58 Å². The lowest BCUT2D eigenvalue weighted by Gasteiger charge is -2.18. The monoisotopic (exact) mass is 434 g/mol. The average Bonchev–Trinajstić information content (AvgIpc) is 3.29. The first kappa shape index (κ1) is 20.5. The van der Waals surface area contributed by atoms with Crippen LogP contribution in [0.4, 0.5) is 5.69 Å². The SMILES string of the molecule is COc1ccc2oc(-c3ccc(NC(=O)C(c4ccccc4)c4ccccc4)cc3)nc2c1. The third-order valence-corrected chi connectivity index (χ3v) is 5.52. The van der Waals surface area contributed by atoms with E-state index in [1.807, 2.05) is 103 Å². The zero-order valence-corrected chi connectivity index (χ0v) is 18.1. The number of carbonyl (C=O) groups excluding carboxylic acids is 1. The van der Waals surface area contributed by atoms with Gasteiger partial charge in [-0.25, -0.2) is 4.98 Å². The minimum absolute atomic E-state index is 0.0888. The number of aromatic nitrogens is 1. The molecule has 0 bridgehead atoms.